The fourth-order valence-electron chi connectivity index (χ4n) is 3.76. The van der Waals surface area contributed by atoms with Gasteiger partial charge < -0.3 is 15.0 Å². The number of esters is 1. The maximum Gasteiger partial charge on any atom is 0.416 e. The molecule has 4 rings (SSSR count). The molecular weight excluding hydrogens is 441 g/mol. The average molecular weight is 462 g/mol. The third-order valence-electron chi connectivity index (χ3n) is 5.30. The Morgan fingerprint density at radius 2 is 1.88 bits per heavy atom. The third-order valence-corrected chi connectivity index (χ3v) is 6.37. The smallest absolute Gasteiger partial charge is 0.416 e. The van der Waals surface area contributed by atoms with Crippen LogP contribution in [0.2, 0.25) is 0 Å². The zero-order valence-electron chi connectivity index (χ0n) is 17.3. The second-order valence-electron chi connectivity index (χ2n) is 7.43. The maximum atomic E-state index is 13.0. The number of anilines is 2. The number of rotatable bonds is 5. The fraction of sp³-hybridized carbons (Fsp3) is 0.304. The second-order valence-corrected chi connectivity index (χ2v) is 8.49. The second kappa shape index (κ2) is 8.82. The zero-order valence-corrected chi connectivity index (χ0v) is 18.1. The third kappa shape index (κ3) is 4.43. The van der Waals surface area contributed by atoms with Gasteiger partial charge in [0.25, 0.3) is 5.91 Å². The van der Waals surface area contributed by atoms with Crippen LogP contribution in [0.4, 0.5) is 23.9 Å². The summed E-state index contributed by atoms with van der Waals surface area (Å²) in [6.07, 6.45) is -2.32. The van der Waals surface area contributed by atoms with Gasteiger partial charge in [-0.1, -0.05) is 12.1 Å². The number of carbonyl (C=O) groups excluding carboxylic acids is 2. The van der Waals surface area contributed by atoms with Crippen LogP contribution in [0.3, 0.4) is 0 Å². The van der Waals surface area contributed by atoms with Crippen LogP contribution >= 0.6 is 11.3 Å². The topological polar surface area (TPSA) is 58.6 Å². The van der Waals surface area contributed by atoms with Gasteiger partial charge in [-0.05, 0) is 50.1 Å². The van der Waals surface area contributed by atoms with Crippen molar-refractivity contribution in [2.75, 3.05) is 29.9 Å². The van der Waals surface area contributed by atoms with Crippen LogP contribution in [0.15, 0.2) is 42.5 Å². The summed E-state index contributed by atoms with van der Waals surface area (Å²) in [7, 11) is 0. The van der Waals surface area contributed by atoms with Crippen molar-refractivity contribution >= 4 is 44.0 Å². The molecule has 5 nitrogen and oxygen atoms in total. The highest BCUT2D eigenvalue weighted by atomic mass is 32.1. The number of ether oxygens (including phenoxy) is 1. The standard InChI is InChI=1S/C23H21F3N2O3S/c1-2-31-22(30)19-17-9-8-16(28-10-3-4-11-28)13-18(17)32-21(19)27-20(29)14-6-5-7-15(12-14)23(24,25)26/h5-9,12-13H,2-4,10-11H2,1H3,(H,27,29). The summed E-state index contributed by atoms with van der Waals surface area (Å²) < 4.78 is 45.0. The molecule has 1 N–H and O–H groups in total. The summed E-state index contributed by atoms with van der Waals surface area (Å²) in [5.74, 6) is -1.32. The number of hydrogen-bond donors (Lipinski definition) is 1. The first-order valence-corrected chi connectivity index (χ1v) is 11.1. The van der Waals surface area contributed by atoms with E-state index in [2.05, 4.69) is 10.2 Å². The molecule has 1 amide bonds. The van der Waals surface area contributed by atoms with Gasteiger partial charge in [-0.15, -0.1) is 11.3 Å². The maximum absolute atomic E-state index is 13.0. The first kappa shape index (κ1) is 22.1. The lowest BCUT2D eigenvalue weighted by molar-refractivity contribution is -0.137. The highest BCUT2D eigenvalue weighted by Crippen LogP contribution is 2.39. The minimum atomic E-state index is -4.56. The van der Waals surface area contributed by atoms with E-state index in [-0.39, 0.29) is 22.7 Å². The molecule has 0 bridgehead atoms. The van der Waals surface area contributed by atoms with E-state index in [4.69, 9.17) is 4.74 Å². The first-order valence-electron chi connectivity index (χ1n) is 10.2. The van der Waals surface area contributed by atoms with E-state index in [1.807, 2.05) is 18.2 Å². The normalized spacial score (nSPS) is 14.1. The fourth-order valence-corrected chi connectivity index (χ4v) is 4.88. The Balaban J connectivity index is 1.71. The van der Waals surface area contributed by atoms with E-state index >= 15 is 0 Å². The van der Waals surface area contributed by atoms with Gasteiger partial charge in [0.15, 0.2) is 0 Å². The van der Waals surface area contributed by atoms with Gasteiger partial charge in [0.2, 0.25) is 0 Å². The Morgan fingerprint density at radius 3 is 2.56 bits per heavy atom. The summed E-state index contributed by atoms with van der Waals surface area (Å²) >= 11 is 1.20. The van der Waals surface area contributed by atoms with Crippen LogP contribution in [0.5, 0.6) is 0 Å². The molecule has 1 aliphatic rings. The van der Waals surface area contributed by atoms with E-state index in [0.29, 0.717) is 5.39 Å². The van der Waals surface area contributed by atoms with Crippen molar-refractivity contribution in [2.45, 2.75) is 25.9 Å². The quantitative estimate of drug-likeness (QED) is 0.476. The van der Waals surface area contributed by atoms with E-state index in [1.54, 1.807) is 6.92 Å². The first-order chi connectivity index (χ1) is 15.3. The van der Waals surface area contributed by atoms with Crippen LogP contribution in [-0.4, -0.2) is 31.6 Å². The average Bonchev–Trinajstić information content (AvgIpc) is 3.40. The zero-order chi connectivity index (χ0) is 22.9. The number of thiophene rings is 1. The van der Waals surface area contributed by atoms with Crippen molar-refractivity contribution < 1.29 is 27.5 Å². The SMILES string of the molecule is CCOC(=O)c1c(NC(=O)c2cccc(C(F)(F)F)c2)sc2cc(N3CCCC3)ccc12. The van der Waals surface area contributed by atoms with Crippen molar-refractivity contribution in [1.82, 2.24) is 0 Å². The van der Waals surface area contributed by atoms with Gasteiger partial charge in [0.1, 0.15) is 10.6 Å². The van der Waals surface area contributed by atoms with Crippen molar-refractivity contribution in [3.63, 3.8) is 0 Å². The van der Waals surface area contributed by atoms with Crippen molar-refractivity contribution in [2.24, 2.45) is 0 Å². The molecule has 32 heavy (non-hydrogen) atoms. The van der Waals surface area contributed by atoms with E-state index < -0.39 is 23.6 Å². The lowest BCUT2D eigenvalue weighted by Gasteiger charge is -2.17. The Hall–Kier alpha value is -3.07. The number of benzene rings is 2. The van der Waals surface area contributed by atoms with Crippen LogP contribution in [0, 0.1) is 0 Å². The summed E-state index contributed by atoms with van der Waals surface area (Å²) in [6, 6.07) is 9.89. The molecule has 0 radical (unpaired) electrons. The lowest BCUT2D eigenvalue weighted by Crippen LogP contribution is -2.17. The summed E-state index contributed by atoms with van der Waals surface area (Å²) in [5.41, 5.74) is 0.176. The molecule has 2 aromatic carbocycles. The largest absolute Gasteiger partial charge is 0.462 e. The molecule has 1 aromatic heterocycles. The van der Waals surface area contributed by atoms with E-state index in [0.717, 1.165) is 48.5 Å². The molecule has 1 saturated heterocycles. The number of hydrogen-bond acceptors (Lipinski definition) is 5. The number of carbonyl (C=O) groups is 2. The predicted molar refractivity (Wildman–Crippen MR) is 119 cm³/mol. The summed E-state index contributed by atoms with van der Waals surface area (Å²) in [5, 5.41) is 3.51. The molecule has 1 aliphatic heterocycles. The minimum absolute atomic E-state index is 0.148. The molecule has 2 heterocycles. The van der Waals surface area contributed by atoms with Crippen LogP contribution in [0.25, 0.3) is 10.1 Å². The van der Waals surface area contributed by atoms with Gasteiger partial charge in [-0.25, -0.2) is 4.79 Å². The van der Waals surface area contributed by atoms with E-state index in [1.165, 1.54) is 23.5 Å². The predicted octanol–water partition coefficient (Wildman–Crippen LogP) is 5.95. The molecule has 9 heteroatoms. The van der Waals surface area contributed by atoms with Gasteiger partial charge in [-0.3, -0.25) is 4.79 Å². The number of fused-ring (bicyclic) bond motifs is 1. The van der Waals surface area contributed by atoms with Gasteiger partial charge >= 0.3 is 12.1 Å². The highest BCUT2D eigenvalue weighted by Gasteiger charge is 2.31. The van der Waals surface area contributed by atoms with Crippen molar-refractivity contribution in [1.29, 1.82) is 0 Å². The van der Waals surface area contributed by atoms with Crippen LogP contribution < -0.4 is 10.2 Å². The number of halogens is 3. The number of alkyl halides is 3. The Bertz CT molecular complexity index is 1170. The summed E-state index contributed by atoms with van der Waals surface area (Å²) in [6.45, 7) is 3.75. The van der Waals surface area contributed by atoms with Crippen LogP contribution in [0.1, 0.15) is 46.0 Å². The lowest BCUT2D eigenvalue weighted by atomic mass is 10.1. The Morgan fingerprint density at radius 1 is 1.12 bits per heavy atom. The van der Waals surface area contributed by atoms with Gasteiger partial charge in [-0.2, -0.15) is 13.2 Å². The minimum Gasteiger partial charge on any atom is -0.462 e. The van der Waals surface area contributed by atoms with Crippen molar-refractivity contribution in [3.8, 4) is 0 Å². The molecular formula is C23H21F3N2O3S. The van der Waals surface area contributed by atoms with Gasteiger partial charge in [0.05, 0.1) is 12.2 Å². The number of nitrogens with zero attached hydrogens (tertiary/aromatic N) is 1. The molecule has 0 saturated carbocycles. The molecule has 3 aromatic rings. The number of nitrogens with one attached hydrogen (secondary N) is 1. The number of amides is 1. The molecule has 168 valence electrons. The molecule has 0 atom stereocenters. The Labute approximate surface area is 186 Å². The van der Waals surface area contributed by atoms with Crippen LogP contribution in [-0.2, 0) is 10.9 Å². The van der Waals surface area contributed by atoms with Gasteiger partial charge in [0, 0.05) is 34.4 Å². The molecule has 0 spiro atoms. The highest BCUT2D eigenvalue weighted by molar-refractivity contribution is 7.23. The monoisotopic (exact) mass is 462 g/mol. The molecule has 1 fully saturated rings. The van der Waals surface area contributed by atoms with Crippen molar-refractivity contribution in [3.05, 3.63) is 59.2 Å². The summed E-state index contributed by atoms with van der Waals surface area (Å²) in [4.78, 5) is 27.7. The molecule has 0 unspecified atom stereocenters. The Kier molecular flexibility index (Phi) is 6.10. The molecule has 0 aliphatic carbocycles. The van der Waals surface area contributed by atoms with E-state index in [9.17, 15) is 22.8 Å².